The number of nitrogens with zero attached hydrogens (tertiary/aromatic N) is 1. The van der Waals surface area contributed by atoms with Crippen LogP contribution < -0.4 is 5.32 Å². The zero-order valence-electron chi connectivity index (χ0n) is 11.7. The molecule has 2 rings (SSSR count). The van der Waals surface area contributed by atoms with Crippen molar-refractivity contribution in [2.45, 2.75) is 12.7 Å². The first kappa shape index (κ1) is 16.8. The van der Waals surface area contributed by atoms with E-state index in [2.05, 4.69) is 5.32 Å². The summed E-state index contributed by atoms with van der Waals surface area (Å²) in [6.45, 7) is 1.79. The average molecular weight is 357 g/mol. The number of carbonyl (C=O) groups excluding carboxylic acids is 1. The summed E-state index contributed by atoms with van der Waals surface area (Å²) < 4.78 is 0.729. The normalized spacial score (nSPS) is 10.5. The third kappa shape index (κ3) is 4.72. The summed E-state index contributed by atoms with van der Waals surface area (Å²) in [6, 6.07) is 8.17. The van der Waals surface area contributed by atoms with Gasteiger partial charge in [0.15, 0.2) is 0 Å². The van der Waals surface area contributed by atoms with E-state index >= 15 is 0 Å². The summed E-state index contributed by atoms with van der Waals surface area (Å²) in [4.78, 5) is 23.3. The van der Waals surface area contributed by atoms with Gasteiger partial charge >= 0.3 is 0 Å². The number of non-ortho nitro benzene ring substituents is 1. The number of anilines is 1. The first-order valence-corrected chi connectivity index (χ1v) is 8.67. The topological polar surface area (TPSA) is 72.2 Å². The van der Waals surface area contributed by atoms with Gasteiger partial charge in [0, 0.05) is 22.8 Å². The Morgan fingerprint density at radius 2 is 2.18 bits per heavy atom. The number of rotatable bonds is 6. The molecule has 22 heavy (non-hydrogen) atoms. The fourth-order valence-electron chi connectivity index (χ4n) is 1.72. The number of hydrogen-bond donors (Lipinski definition) is 1. The number of nitro groups is 1. The molecule has 0 radical (unpaired) electrons. The zero-order chi connectivity index (χ0) is 16.1. The minimum atomic E-state index is -0.482. The monoisotopic (exact) mass is 356 g/mol. The molecule has 0 atom stereocenters. The summed E-state index contributed by atoms with van der Waals surface area (Å²) in [5, 5.41) is 13.5. The van der Waals surface area contributed by atoms with Crippen molar-refractivity contribution in [1.29, 1.82) is 0 Å². The minimum absolute atomic E-state index is 0.0400. The van der Waals surface area contributed by atoms with Gasteiger partial charge in [-0.05, 0) is 24.6 Å². The third-order valence-corrected chi connectivity index (χ3v) is 5.21. The molecule has 1 amide bonds. The van der Waals surface area contributed by atoms with Crippen molar-refractivity contribution in [3.63, 3.8) is 0 Å². The molecule has 8 heteroatoms. The molecule has 0 bridgehead atoms. The molecular weight excluding hydrogens is 344 g/mol. The summed E-state index contributed by atoms with van der Waals surface area (Å²) in [5.41, 5.74) is 1.22. The second kappa shape index (κ2) is 7.62. The van der Waals surface area contributed by atoms with Crippen molar-refractivity contribution in [1.82, 2.24) is 0 Å². The van der Waals surface area contributed by atoms with Gasteiger partial charge in [-0.2, -0.15) is 0 Å². The number of nitro benzene ring substituents is 1. The summed E-state index contributed by atoms with van der Waals surface area (Å²) in [7, 11) is 0. The van der Waals surface area contributed by atoms with E-state index in [0.717, 1.165) is 14.8 Å². The van der Waals surface area contributed by atoms with Crippen LogP contribution in [0.5, 0.6) is 0 Å². The lowest BCUT2D eigenvalue weighted by atomic mass is 10.2. The molecule has 5 nitrogen and oxygen atoms in total. The number of amides is 1. The van der Waals surface area contributed by atoms with Crippen molar-refractivity contribution >= 4 is 52.0 Å². The van der Waals surface area contributed by atoms with Gasteiger partial charge in [-0.25, -0.2) is 0 Å². The van der Waals surface area contributed by atoms with Gasteiger partial charge in [0.1, 0.15) is 0 Å². The second-order valence-electron chi connectivity index (χ2n) is 4.50. The summed E-state index contributed by atoms with van der Waals surface area (Å²) in [6.07, 6.45) is 0. The lowest BCUT2D eigenvalue weighted by Gasteiger charge is -2.08. The standard InChI is InChI=1S/C14H13ClN2O3S2/c1-9-2-3-10(17(19)20)6-12(9)16-14(18)8-21-7-11-4-5-13(15)22-11/h2-6H,7-8H2,1H3,(H,16,18). The molecule has 0 aliphatic heterocycles. The fraction of sp³-hybridized carbons (Fsp3) is 0.214. The van der Waals surface area contributed by atoms with E-state index in [0.29, 0.717) is 11.4 Å². The second-order valence-corrected chi connectivity index (χ2v) is 7.29. The maximum Gasteiger partial charge on any atom is 0.271 e. The van der Waals surface area contributed by atoms with E-state index in [1.54, 1.807) is 13.0 Å². The van der Waals surface area contributed by atoms with Crippen LogP contribution in [0, 0.1) is 17.0 Å². The molecule has 1 aromatic carbocycles. The van der Waals surface area contributed by atoms with E-state index in [-0.39, 0.29) is 17.3 Å². The summed E-state index contributed by atoms with van der Waals surface area (Å²) in [5.74, 6) is 0.798. The highest BCUT2D eigenvalue weighted by Gasteiger charge is 2.11. The number of benzene rings is 1. The van der Waals surface area contributed by atoms with E-state index in [4.69, 9.17) is 11.6 Å². The Morgan fingerprint density at radius 3 is 2.82 bits per heavy atom. The van der Waals surface area contributed by atoms with Crippen LogP contribution in [0.2, 0.25) is 4.34 Å². The number of thioether (sulfide) groups is 1. The van der Waals surface area contributed by atoms with Crippen LogP contribution >= 0.6 is 34.7 Å². The van der Waals surface area contributed by atoms with E-state index in [1.165, 1.54) is 35.2 Å². The van der Waals surface area contributed by atoms with Gasteiger partial charge in [-0.15, -0.1) is 23.1 Å². The number of nitrogens with one attached hydrogen (secondary N) is 1. The van der Waals surface area contributed by atoms with E-state index in [1.807, 2.05) is 12.1 Å². The third-order valence-electron chi connectivity index (χ3n) is 2.81. The summed E-state index contributed by atoms with van der Waals surface area (Å²) >= 11 is 8.80. The van der Waals surface area contributed by atoms with Gasteiger partial charge in [-0.1, -0.05) is 17.7 Å². The first-order valence-electron chi connectivity index (χ1n) is 6.32. The largest absolute Gasteiger partial charge is 0.325 e. The molecule has 0 spiro atoms. The Morgan fingerprint density at radius 1 is 1.41 bits per heavy atom. The Balaban J connectivity index is 1.89. The van der Waals surface area contributed by atoms with Crippen molar-refractivity contribution < 1.29 is 9.72 Å². The molecule has 0 saturated heterocycles. The molecule has 1 aromatic heterocycles. The van der Waals surface area contributed by atoms with Crippen molar-refractivity contribution in [2.24, 2.45) is 0 Å². The molecule has 2 aromatic rings. The molecule has 0 fully saturated rings. The van der Waals surface area contributed by atoms with Gasteiger partial charge in [0.2, 0.25) is 5.91 Å². The maximum atomic E-state index is 11.9. The highest BCUT2D eigenvalue weighted by molar-refractivity contribution is 7.99. The highest BCUT2D eigenvalue weighted by Crippen LogP contribution is 2.26. The number of aryl methyl sites for hydroxylation is 1. The van der Waals surface area contributed by atoms with E-state index < -0.39 is 4.92 Å². The zero-order valence-corrected chi connectivity index (χ0v) is 14.1. The number of halogens is 1. The van der Waals surface area contributed by atoms with Crippen LogP contribution in [-0.4, -0.2) is 16.6 Å². The van der Waals surface area contributed by atoms with Gasteiger partial charge in [-0.3, -0.25) is 14.9 Å². The average Bonchev–Trinajstić information content (AvgIpc) is 2.86. The lowest BCUT2D eigenvalue weighted by Crippen LogP contribution is -2.15. The number of thiophene rings is 1. The van der Waals surface area contributed by atoms with Crippen LogP contribution in [0.4, 0.5) is 11.4 Å². The Labute approximate surface area is 140 Å². The number of carbonyl (C=O) groups is 1. The quantitative estimate of drug-likeness (QED) is 0.611. The molecule has 0 aliphatic carbocycles. The molecule has 0 saturated carbocycles. The van der Waals surface area contributed by atoms with Gasteiger partial charge < -0.3 is 5.32 Å². The van der Waals surface area contributed by atoms with E-state index in [9.17, 15) is 14.9 Å². The van der Waals surface area contributed by atoms with Crippen molar-refractivity contribution in [2.75, 3.05) is 11.1 Å². The van der Waals surface area contributed by atoms with Crippen LogP contribution in [0.25, 0.3) is 0 Å². The molecular formula is C14H13ClN2O3S2. The Hall–Kier alpha value is -1.57. The highest BCUT2D eigenvalue weighted by atomic mass is 35.5. The van der Waals surface area contributed by atoms with Gasteiger partial charge in [0.05, 0.1) is 20.7 Å². The smallest absolute Gasteiger partial charge is 0.271 e. The predicted molar refractivity (Wildman–Crippen MR) is 92.0 cm³/mol. The van der Waals surface area contributed by atoms with Crippen LogP contribution in [0.15, 0.2) is 30.3 Å². The molecule has 0 unspecified atom stereocenters. The fourth-order valence-corrected chi connectivity index (χ4v) is 3.74. The first-order chi connectivity index (χ1) is 10.5. The van der Waals surface area contributed by atoms with Crippen LogP contribution in [0.3, 0.4) is 0 Å². The number of hydrogen-bond acceptors (Lipinski definition) is 5. The molecule has 1 N–H and O–H groups in total. The Kier molecular flexibility index (Phi) is 5.82. The molecule has 1 heterocycles. The van der Waals surface area contributed by atoms with Crippen molar-refractivity contribution in [3.05, 3.63) is 55.2 Å². The molecule has 116 valence electrons. The van der Waals surface area contributed by atoms with Crippen LogP contribution in [-0.2, 0) is 10.5 Å². The Bertz CT molecular complexity index is 703. The minimum Gasteiger partial charge on any atom is -0.325 e. The van der Waals surface area contributed by atoms with Crippen LogP contribution in [0.1, 0.15) is 10.4 Å². The van der Waals surface area contributed by atoms with Crippen molar-refractivity contribution in [3.8, 4) is 0 Å². The maximum absolute atomic E-state index is 11.9. The molecule has 0 aliphatic rings. The predicted octanol–water partition coefficient (Wildman–Crippen LogP) is 4.49. The SMILES string of the molecule is Cc1ccc([N+](=O)[O-])cc1NC(=O)CSCc1ccc(Cl)s1. The lowest BCUT2D eigenvalue weighted by molar-refractivity contribution is -0.384. The van der Waals surface area contributed by atoms with Gasteiger partial charge in [0.25, 0.3) is 5.69 Å².